The minimum atomic E-state index is 0.407. The molecule has 2 aromatic carbocycles. The number of rotatable bonds is 8. The van der Waals surface area contributed by atoms with E-state index in [-0.39, 0.29) is 0 Å². The molecule has 0 heterocycles. The molecule has 0 N–H and O–H groups in total. The topological polar surface area (TPSA) is 9.23 Å². The van der Waals surface area contributed by atoms with Crippen LogP contribution in [0.4, 0.5) is 0 Å². The maximum Gasteiger partial charge on any atom is 0.102 e. The summed E-state index contributed by atoms with van der Waals surface area (Å²) in [5, 5.41) is 2.65. The van der Waals surface area contributed by atoms with Crippen LogP contribution in [0.5, 0.6) is 0 Å². The molecule has 0 aliphatic carbocycles. The SMILES string of the molecule is C/C=C/CC(COCC[N+](C)(C)C)c1cccc2ccccc12. The summed E-state index contributed by atoms with van der Waals surface area (Å²) in [5.41, 5.74) is 1.39. The fourth-order valence-electron chi connectivity index (χ4n) is 2.76. The summed E-state index contributed by atoms with van der Waals surface area (Å²) in [6.45, 7) is 4.70. The molecular weight excluding hydrogens is 282 g/mol. The predicted molar refractivity (Wildman–Crippen MR) is 99.8 cm³/mol. The third-order valence-electron chi connectivity index (χ3n) is 4.14. The predicted octanol–water partition coefficient (Wildman–Crippen LogP) is 4.61. The average molecular weight is 312 g/mol. The summed E-state index contributed by atoms with van der Waals surface area (Å²) in [6, 6.07) is 15.2. The van der Waals surface area contributed by atoms with E-state index in [1.165, 1.54) is 16.3 Å². The Labute approximate surface area is 141 Å². The third-order valence-corrected chi connectivity index (χ3v) is 4.14. The Hall–Kier alpha value is -1.64. The first kappa shape index (κ1) is 17.7. The van der Waals surface area contributed by atoms with Gasteiger partial charge in [-0.2, -0.15) is 0 Å². The zero-order valence-corrected chi connectivity index (χ0v) is 15.0. The van der Waals surface area contributed by atoms with Gasteiger partial charge in [-0.1, -0.05) is 54.6 Å². The van der Waals surface area contributed by atoms with Crippen molar-refractivity contribution in [2.45, 2.75) is 19.3 Å². The molecule has 0 aromatic heterocycles. The van der Waals surface area contributed by atoms with Crippen molar-refractivity contribution in [3.8, 4) is 0 Å². The maximum atomic E-state index is 6.02. The van der Waals surface area contributed by atoms with Crippen molar-refractivity contribution < 1.29 is 9.22 Å². The number of allylic oxidation sites excluding steroid dienone is 2. The fourth-order valence-corrected chi connectivity index (χ4v) is 2.76. The van der Waals surface area contributed by atoms with E-state index >= 15 is 0 Å². The molecule has 0 radical (unpaired) electrons. The van der Waals surface area contributed by atoms with Gasteiger partial charge in [0.05, 0.1) is 34.4 Å². The van der Waals surface area contributed by atoms with Gasteiger partial charge in [0.25, 0.3) is 0 Å². The van der Waals surface area contributed by atoms with E-state index in [4.69, 9.17) is 4.74 Å². The van der Waals surface area contributed by atoms with E-state index in [0.717, 1.165) is 30.7 Å². The number of benzene rings is 2. The van der Waals surface area contributed by atoms with Crippen molar-refractivity contribution in [3.63, 3.8) is 0 Å². The van der Waals surface area contributed by atoms with Crippen molar-refractivity contribution in [2.75, 3.05) is 40.9 Å². The van der Waals surface area contributed by atoms with Gasteiger partial charge in [0.15, 0.2) is 0 Å². The van der Waals surface area contributed by atoms with E-state index < -0.39 is 0 Å². The van der Waals surface area contributed by atoms with Crippen molar-refractivity contribution >= 4 is 10.8 Å². The molecule has 2 heteroatoms. The maximum absolute atomic E-state index is 6.02. The Balaban J connectivity index is 2.13. The van der Waals surface area contributed by atoms with Gasteiger partial charge < -0.3 is 9.22 Å². The Morgan fingerprint density at radius 2 is 1.78 bits per heavy atom. The molecule has 0 amide bonds. The van der Waals surface area contributed by atoms with E-state index in [2.05, 4.69) is 82.7 Å². The number of nitrogens with zero attached hydrogens (tertiary/aromatic N) is 1. The Kier molecular flexibility index (Phi) is 6.37. The van der Waals surface area contributed by atoms with E-state index in [0.29, 0.717) is 5.92 Å². The molecule has 0 fully saturated rings. The Morgan fingerprint density at radius 1 is 1.04 bits per heavy atom. The molecule has 0 saturated heterocycles. The number of hydrogen-bond donors (Lipinski definition) is 0. The largest absolute Gasteiger partial charge is 0.375 e. The van der Waals surface area contributed by atoms with E-state index in [1.807, 2.05) is 0 Å². The van der Waals surface area contributed by atoms with E-state index in [9.17, 15) is 0 Å². The Bertz CT molecular complexity index is 634. The first-order chi connectivity index (χ1) is 11.0. The van der Waals surface area contributed by atoms with Crippen LogP contribution in [-0.2, 0) is 4.74 Å². The second kappa shape index (κ2) is 8.28. The van der Waals surface area contributed by atoms with Gasteiger partial charge in [0.1, 0.15) is 6.54 Å². The molecule has 2 aromatic rings. The summed E-state index contributed by atoms with van der Waals surface area (Å²) in [5.74, 6) is 0.407. The Morgan fingerprint density at radius 3 is 2.52 bits per heavy atom. The van der Waals surface area contributed by atoms with E-state index in [1.54, 1.807) is 0 Å². The molecule has 0 aliphatic heterocycles. The second-order valence-corrected chi connectivity index (χ2v) is 7.16. The molecule has 0 spiro atoms. The highest BCUT2D eigenvalue weighted by Crippen LogP contribution is 2.28. The van der Waals surface area contributed by atoms with Crippen molar-refractivity contribution in [2.24, 2.45) is 0 Å². The number of hydrogen-bond acceptors (Lipinski definition) is 1. The minimum Gasteiger partial charge on any atom is -0.375 e. The lowest BCUT2D eigenvalue weighted by Gasteiger charge is -2.24. The highest BCUT2D eigenvalue weighted by Gasteiger charge is 2.14. The van der Waals surface area contributed by atoms with Crippen LogP contribution in [0.15, 0.2) is 54.6 Å². The molecule has 2 rings (SSSR count). The number of fused-ring (bicyclic) bond motifs is 1. The molecule has 2 nitrogen and oxygen atoms in total. The van der Waals surface area contributed by atoms with Crippen molar-refractivity contribution in [1.82, 2.24) is 0 Å². The van der Waals surface area contributed by atoms with Crippen LogP contribution in [0.3, 0.4) is 0 Å². The van der Waals surface area contributed by atoms with Gasteiger partial charge in [-0.3, -0.25) is 0 Å². The molecule has 23 heavy (non-hydrogen) atoms. The number of ether oxygens (including phenoxy) is 1. The summed E-state index contributed by atoms with van der Waals surface area (Å²) < 4.78 is 6.96. The number of likely N-dealkylation sites (N-methyl/N-ethyl adjacent to an activating group) is 1. The van der Waals surface area contributed by atoms with Gasteiger partial charge in [0.2, 0.25) is 0 Å². The van der Waals surface area contributed by atoms with Crippen LogP contribution in [0.1, 0.15) is 24.8 Å². The van der Waals surface area contributed by atoms with Crippen LogP contribution in [0.2, 0.25) is 0 Å². The third kappa shape index (κ3) is 5.49. The van der Waals surface area contributed by atoms with Crippen LogP contribution in [0, 0.1) is 0 Å². The lowest BCUT2D eigenvalue weighted by Crippen LogP contribution is -2.37. The zero-order valence-electron chi connectivity index (χ0n) is 15.0. The quantitative estimate of drug-likeness (QED) is 0.393. The number of quaternary nitrogens is 1. The van der Waals surface area contributed by atoms with Gasteiger partial charge in [-0.15, -0.1) is 0 Å². The van der Waals surface area contributed by atoms with Gasteiger partial charge in [-0.05, 0) is 29.7 Å². The molecule has 0 aliphatic rings. The molecule has 1 atom stereocenters. The minimum absolute atomic E-state index is 0.407. The summed E-state index contributed by atoms with van der Waals surface area (Å²) in [7, 11) is 6.60. The summed E-state index contributed by atoms with van der Waals surface area (Å²) in [4.78, 5) is 0. The van der Waals surface area contributed by atoms with Gasteiger partial charge in [0, 0.05) is 5.92 Å². The smallest absolute Gasteiger partial charge is 0.102 e. The molecule has 124 valence electrons. The lowest BCUT2D eigenvalue weighted by atomic mass is 9.91. The highest BCUT2D eigenvalue weighted by molar-refractivity contribution is 5.86. The van der Waals surface area contributed by atoms with Crippen LogP contribution >= 0.6 is 0 Å². The highest BCUT2D eigenvalue weighted by atomic mass is 16.5. The normalized spacial score (nSPS) is 13.7. The molecule has 0 bridgehead atoms. The molecule has 1 unspecified atom stereocenters. The van der Waals surface area contributed by atoms with Crippen LogP contribution in [0.25, 0.3) is 10.8 Å². The van der Waals surface area contributed by atoms with Gasteiger partial charge in [-0.25, -0.2) is 0 Å². The first-order valence-electron chi connectivity index (χ1n) is 8.48. The zero-order chi connectivity index (χ0) is 16.7. The van der Waals surface area contributed by atoms with Gasteiger partial charge >= 0.3 is 0 Å². The first-order valence-corrected chi connectivity index (χ1v) is 8.48. The standard InChI is InChI=1S/C21H30NO/c1-5-6-10-19(17-23-16-15-22(2,3)4)21-14-9-12-18-11-7-8-13-20(18)21/h5-9,11-14,19H,10,15-17H2,1-4H3/q+1/b6-5+. The lowest BCUT2D eigenvalue weighted by molar-refractivity contribution is -0.870. The fraction of sp³-hybridized carbons (Fsp3) is 0.429. The summed E-state index contributed by atoms with van der Waals surface area (Å²) >= 11 is 0. The van der Waals surface area contributed by atoms with Crippen LogP contribution < -0.4 is 0 Å². The monoisotopic (exact) mass is 312 g/mol. The summed E-state index contributed by atoms with van der Waals surface area (Å²) in [6.07, 6.45) is 5.40. The van der Waals surface area contributed by atoms with Crippen molar-refractivity contribution in [3.05, 3.63) is 60.2 Å². The average Bonchev–Trinajstić information content (AvgIpc) is 2.53. The second-order valence-electron chi connectivity index (χ2n) is 7.16. The van der Waals surface area contributed by atoms with Crippen molar-refractivity contribution in [1.29, 1.82) is 0 Å². The molecular formula is C21H30NO+. The van der Waals surface area contributed by atoms with Crippen LogP contribution in [-0.4, -0.2) is 45.4 Å². The molecule has 0 saturated carbocycles.